The number of carbonyl (C=O) groups is 1. The van der Waals surface area contributed by atoms with Crippen LogP contribution in [-0.4, -0.2) is 75.7 Å². The highest BCUT2D eigenvalue weighted by Gasteiger charge is 2.39. The highest BCUT2D eigenvalue weighted by molar-refractivity contribution is 7.85. The van der Waals surface area contributed by atoms with Crippen LogP contribution in [0.2, 0.25) is 10.0 Å². The number of halogens is 2. The third-order valence-corrected chi connectivity index (χ3v) is 5.85. The van der Waals surface area contributed by atoms with Crippen LogP contribution in [0.1, 0.15) is 35.0 Å². The predicted octanol–water partition coefficient (Wildman–Crippen LogP) is 3.84. The molecule has 1 amide bonds. The lowest BCUT2D eigenvalue weighted by Gasteiger charge is -2.25. The molecule has 1 aliphatic rings. The number of methoxy groups -OCH3 is 3. The second kappa shape index (κ2) is 13.3. The van der Waals surface area contributed by atoms with Gasteiger partial charge in [-0.3, -0.25) is 9.35 Å². The van der Waals surface area contributed by atoms with Crippen molar-refractivity contribution in [1.29, 1.82) is 0 Å². The summed E-state index contributed by atoms with van der Waals surface area (Å²) in [5, 5.41) is 9.98. The number of carbonyl (C=O) groups excluding carboxylic acids is 1. The van der Waals surface area contributed by atoms with Gasteiger partial charge < -0.3 is 29.0 Å². The Bertz CT molecular complexity index is 1150. The second-order valence-electron chi connectivity index (χ2n) is 7.72. The van der Waals surface area contributed by atoms with E-state index >= 15 is 0 Å². The maximum Gasteiger partial charge on any atom is 0.261 e. The van der Waals surface area contributed by atoms with Crippen molar-refractivity contribution < 1.29 is 41.8 Å². The summed E-state index contributed by atoms with van der Waals surface area (Å²) in [6, 6.07) is 8.43. The first-order chi connectivity index (χ1) is 16.9. The Morgan fingerprint density at radius 3 is 2.25 bits per heavy atom. The van der Waals surface area contributed by atoms with E-state index in [4.69, 9.17) is 46.7 Å². The number of rotatable bonds is 8. The van der Waals surface area contributed by atoms with Gasteiger partial charge in [0.2, 0.25) is 5.75 Å². The molecule has 2 aromatic carbocycles. The fourth-order valence-electron chi connectivity index (χ4n) is 3.63. The quantitative estimate of drug-likeness (QED) is 0.458. The first kappa shape index (κ1) is 29.9. The second-order valence-corrected chi connectivity index (χ2v) is 10.0. The zero-order chi connectivity index (χ0) is 27.0. The summed E-state index contributed by atoms with van der Waals surface area (Å²) >= 11 is 12.3. The number of hydrogen-bond acceptors (Lipinski definition) is 8. The average Bonchev–Trinajstić information content (AvgIpc) is 3.26. The highest BCUT2D eigenvalue weighted by atomic mass is 35.5. The minimum atomic E-state index is -3.67. The van der Waals surface area contributed by atoms with Crippen LogP contribution in [0.5, 0.6) is 17.2 Å². The first-order valence-corrected chi connectivity index (χ1v) is 13.3. The molecular weight excluding hydrogens is 537 g/mol. The van der Waals surface area contributed by atoms with Gasteiger partial charge in [0.1, 0.15) is 0 Å². The molecule has 0 spiro atoms. The number of amides is 1. The Morgan fingerprint density at radius 1 is 1.08 bits per heavy atom. The molecule has 0 saturated carbocycles. The largest absolute Gasteiger partial charge is 0.493 e. The van der Waals surface area contributed by atoms with Crippen molar-refractivity contribution in [3.63, 3.8) is 0 Å². The zero-order valence-corrected chi connectivity index (χ0v) is 22.6. The van der Waals surface area contributed by atoms with Gasteiger partial charge in [0.05, 0.1) is 55.8 Å². The fourth-order valence-corrected chi connectivity index (χ4v) is 3.94. The molecule has 0 bridgehead atoms. The van der Waals surface area contributed by atoms with Crippen molar-refractivity contribution in [2.75, 3.05) is 40.7 Å². The molecule has 2 atom stereocenters. The number of benzene rings is 2. The summed E-state index contributed by atoms with van der Waals surface area (Å²) in [5.41, 5.74) is 1.02. The van der Waals surface area contributed by atoms with Gasteiger partial charge >= 0.3 is 0 Å². The van der Waals surface area contributed by atoms with E-state index in [-0.39, 0.29) is 24.4 Å². The molecule has 2 N–H and O–H groups in total. The molecule has 1 saturated heterocycles. The lowest BCUT2D eigenvalue weighted by atomic mass is 10.1. The van der Waals surface area contributed by atoms with Gasteiger partial charge in [-0.05, 0) is 37.1 Å². The fraction of sp³-hybridized carbons (Fsp3) is 0.435. The highest BCUT2D eigenvalue weighted by Crippen LogP contribution is 2.42. The number of ether oxygens (including phenoxy) is 4. The number of hydrogen-bond donors (Lipinski definition) is 2. The summed E-state index contributed by atoms with van der Waals surface area (Å²) < 4.78 is 48.3. The van der Waals surface area contributed by atoms with E-state index < -0.39 is 16.3 Å². The molecule has 200 valence electrons. The van der Waals surface area contributed by atoms with Gasteiger partial charge in [-0.15, -0.1) is 0 Å². The van der Waals surface area contributed by atoms with E-state index in [9.17, 15) is 18.3 Å². The molecule has 1 fully saturated rings. The van der Waals surface area contributed by atoms with E-state index in [1.54, 1.807) is 35.2 Å². The van der Waals surface area contributed by atoms with Crippen molar-refractivity contribution in [2.24, 2.45) is 0 Å². The van der Waals surface area contributed by atoms with Gasteiger partial charge in [-0.2, -0.15) is 8.42 Å². The van der Waals surface area contributed by atoms with Gasteiger partial charge in [-0.1, -0.05) is 29.3 Å². The molecule has 2 aromatic rings. The monoisotopic (exact) mass is 565 g/mol. The van der Waals surface area contributed by atoms with Gasteiger partial charge in [0.15, 0.2) is 17.7 Å². The lowest BCUT2D eigenvalue weighted by Crippen LogP contribution is -2.32. The maximum absolute atomic E-state index is 13.6. The molecule has 0 aliphatic carbocycles. The van der Waals surface area contributed by atoms with E-state index in [0.29, 0.717) is 58.3 Å². The van der Waals surface area contributed by atoms with E-state index in [1.165, 1.54) is 21.3 Å². The third-order valence-electron chi connectivity index (χ3n) is 5.11. The standard InChI is InChI=1S/C22H25Cl2NO6.CH4O3S/c1-28-18-9-7-15(19(29-2)20(18)30-3)21(27)25-12-14(5-4-10-26)31-22(25)13-6-8-16(23)17(24)11-13;1-5(2,3)4/h6-9,11,14,22,26H,4-5,10,12H2,1-3H3;1H3,(H,2,3,4)/t14-,22?;/m1./s1. The third kappa shape index (κ3) is 7.86. The van der Waals surface area contributed by atoms with E-state index in [0.717, 1.165) is 0 Å². The SMILES string of the molecule is COc1ccc(C(=O)N2C[C@@H](CCCO)OC2c2ccc(Cl)c(Cl)c2)c(OC)c1OC.CS(=O)(=O)O. The summed E-state index contributed by atoms with van der Waals surface area (Å²) in [7, 11) is 0.797. The van der Waals surface area contributed by atoms with Gasteiger partial charge in [0.25, 0.3) is 16.0 Å². The van der Waals surface area contributed by atoms with Crippen LogP contribution < -0.4 is 14.2 Å². The average molecular weight is 566 g/mol. The Morgan fingerprint density at radius 2 is 1.72 bits per heavy atom. The zero-order valence-electron chi connectivity index (χ0n) is 20.2. The van der Waals surface area contributed by atoms with Crippen LogP contribution >= 0.6 is 23.2 Å². The summed E-state index contributed by atoms with van der Waals surface area (Å²) in [6.07, 6.45) is 1.000. The van der Waals surface area contributed by atoms with Crippen LogP contribution in [0.15, 0.2) is 30.3 Å². The van der Waals surface area contributed by atoms with Crippen LogP contribution in [0.3, 0.4) is 0 Å². The molecule has 3 rings (SSSR count). The van der Waals surface area contributed by atoms with Crippen molar-refractivity contribution in [2.45, 2.75) is 25.2 Å². The van der Waals surface area contributed by atoms with Gasteiger partial charge in [0, 0.05) is 12.2 Å². The first-order valence-electron chi connectivity index (χ1n) is 10.7. The molecule has 1 heterocycles. The van der Waals surface area contributed by atoms with Crippen LogP contribution in [0.25, 0.3) is 0 Å². The molecule has 0 radical (unpaired) electrons. The number of aliphatic hydroxyl groups is 1. The molecule has 10 nitrogen and oxygen atoms in total. The van der Waals surface area contributed by atoms with Crippen LogP contribution in [0, 0.1) is 0 Å². The van der Waals surface area contributed by atoms with Gasteiger partial charge in [-0.25, -0.2) is 0 Å². The smallest absolute Gasteiger partial charge is 0.261 e. The normalized spacial score (nSPS) is 17.3. The minimum absolute atomic E-state index is 0.0503. The Hall–Kier alpha value is -2.28. The maximum atomic E-state index is 13.6. The van der Waals surface area contributed by atoms with Crippen molar-refractivity contribution >= 4 is 39.2 Å². The molecule has 1 aliphatic heterocycles. The summed E-state index contributed by atoms with van der Waals surface area (Å²) in [6.45, 7) is 0.399. The van der Waals surface area contributed by atoms with Crippen molar-refractivity contribution in [3.05, 3.63) is 51.5 Å². The number of aliphatic hydroxyl groups excluding tert-OH is 1. The van der Waals surface area contributed by atoms with Crippen LogP contribution in [-0.2, 0) is 14.9 Å². The Balaban J connectivity index is 0.000000830. The van der Waals surface area contributed by atoms with Crippen LogP contribution in [0.4, 0.5) is 0 Å². The number of nitrogens with zero attached hydrogens (tertiary/aromatic N) is 1. The Kier molecular flexibility index (Phi) is 11.1. The summed E-state index contributed by atoms with van der Waals surface area (Å²) in [4.78, 5) is 15.2. The lowest BCUT2D eigenvalue weighted by molar-refractivity contribution is -0.00230. The molecular formula is C23H29Cl2NO9S. The summed E-state index contributed by atoms with van der Waals surface area (Å²) in [5.74, 6) is 0.772. The van der Waals surface area contributed by atoms with Crippen molar-refractivity contribution in [3.8, 4) is 17.2 Å². The molecule has 1 unspecified atom stereocenters. The molecule has 36 heavy (non-hydrogen) atoms. The van der Waals surface area contributed by atoms with E-state index in [2.05, 4.69) is 0 Å². The topological polar surface area (TPSA) is 132 Å². The van der Waals surface area contributed by atoms with Crippen molar-refractivity contribution in [1.82, 2.24) is 4.90 Å². The molecule has 13 heteroatoms. The molecule has 0 aromatic heterocycles. The predicted molar refractivity (Wildman–Crippen MR) is 135 cm³/mol. The minimum Gasteiger partial charge on any atom is -0.493 e. The van der Waals surface area contributed by atoms with E-state index in [1.807, 2.05) is 0 Å². The Labute approximate surface area is 220 Å².